The Morgan fingerprint density at radius 2 is 1.49 bits per heavy atom. The zero-order valence-electron chi connectivity index (χ0n) is 24.5. The minimum Gasteiger partial charge on any atom is -0.508 e. The summed E-state index contributed by atoms with van der Waals surface area (Å²) in [6.45, 7) is 1.46. The van der Waals surface area contributed by atoms with Gasteiger partial charge < -0.3 is 10.0 Å². The van der Waals surface area contributed by atoms with E-state index in [0.717, 1.165) is 68.2 Å². The molecule has 0 heterocycles. The molecular weight excluding hydrogens is 592 g/mol. The Morgan fingerprint density at radius 3 is 2.16 bits per heavy atom. The van der Waals surface area contributed by atoms with E-state index in [-0.39, 0.29) is 17.3 Å². The molecule has 0 saturated carbocycles. The van der Waals surface area contributed by atoms with E-state index in [0.29, 0.717) is 19.4 Å². The zero-order valence-corrected chi connectivity index (χ0v) is 25.4. The van der Waals surface area contributed by atoms with Crippen LogP contribution in [0.15, 0.2) is 42.5 Å². The minimum absolute atomic E-state index is 0.233. The summed E-state index contributed by atoms with van der Waals surface area (Å²) in [5, 5.41) is 10.0. The highest BCUT2D eigenvalue weighted by atomic mass is 32.2. The summed E-state index contributed by atoms with van der Waals surface area (Å²) in [5.74, 6) is -5.82. The quantitative estimate of drug-likeness (QED) is 0.149. The fourth-order valence-electron chi connectivity index (χ4n) is 5.54. The number of sulfone groups is 1. The lowest BCUT2D eigenvalue weighted by atomic mass is 9.89. The summed E-state index contributed by atoms with van der Waals surface area (Å²) in [6, 6.07) is 12.1. The van der Waals surface area contributed by atoms with Gasteiger partial charge >= 0.3 is 12.1 Å². The Labute approximate surface area is 250 Å². The van der Waals surface area contributed by atoms with Crippen LogP contribution in [0.4, 0.5) is 26.3 Å². The molecule has 1 aliphatic rings. The average Bonchev–Trinajstić information content (AvgIpc) is 3.09. The molecule has 1 aliphatic carbocycles. The predicted molar refractivity (Wildman–Crippen MR) is 158 cm³/mol. The van der Waals surface area contributed by atoms with Crippen LogP contribution in [0.2, 0.25) is 0 Å². The normalized spacial score (nSPS) is 14.7. The van der Waals surface area contributed by atoms with Gasteiger partial charge in [-0.1, -0.05) is 24.6 Å². The molecule has 3 rings (SSSR count). The minimum atomic E-state index is -5.67. The first kappa shape index (κ1) is 35.0. The Hall–Kier alpha value is -2.53. The van der Waals surface area contributed by atoms with E-state index in [4.69, 9.17) is 0 Å². The molecule has 0 aromatic heterocycles. The van der Waals surface area contributed by atoms with Crippen LogP contribution in [0.25, 0.3) is 11.1 Å². The summed E-state index contributed by atoms with van der Waals surface area (Å²) in [4.78, 5) is 2.10. The van der Waals surface area contributed by atoms with Crippen LogP contribution in [-0.2, 0) is 16.3 Å². The van der Waals surface area contributed by atoms with Crippen molar-refractivity contribution in [3.05, 3.63) is 65.0 Å². The highest BCUT2D eigenvalue weighted by Crippen LogP contribution is 2.40. The van der Waals surface area contributed by atoms with Gasteiger partial charge in [0.25, 0.3) is 0 Å². The number of aryl methyl sites for hydroxylation is 1. The van der Waals surface area contributed by atoms with Crippen LogP contribution < -0.4 is 0 Å². The molecule has 0 atom stereocenters. The second kappa shape index (κ2) is 15.5. The lowest BCUT2D eigenvalue weighted by Crippen LogP contribution is -2.36. The SMILES string of the molecule is CN(CCCCCC1=C(c2ccc(F)cc2)CCCc2cc(O)ccc21)CCCCS(=O)(=O)CCCC(F)(F)C(F)(F)F. The molecule has 4 nitrogen and oxygen atoms in total. The van der Waals surface area contributed by atoms with Gasteiger partial charge in [0, 0.05) is 6.42 Å². The molecule has 11 heteroatoms. The van der Waals surface area contributed by atoms with Crippen LogP contribution >= 0.6 is 0 Å². The van der Waals surface area contributed by atoms with Crippen LogP contribution in [0.1, 0.15) is 80.9 Å². The number of hydrogen-bond donors (Lipinski definition) is 1. The van der Waals surface area contributed by atoms with Crippen molar-refractivity contribution in [2.24, 2.45) is 0 Å². The molecule has 0 unspecified atom stereocenters. The molecule has 0 fully saturated rings. The number of fused-ring (bicyclic) bond motifs is 1. The van der Waals surface area contributed by atoms with E-state index in [2.05, 4.69) is 4.90 Å². The second-order valence-corrected chi connectivity index (χ2v) is 13.7. The Balaban J connectivity index is 1.43. The molecule has 0 bridgehead atoms. The standard InChI is InChI=1S/C32H41F6NO3S/c1-39(20-5-6-21-43(41,42)22-8-18-31(34,35)32(36,37)38)19-4-2-3-10-30-28(24-12-14-26(33)15-13-24)11-7-9-25-23-27(40)16-17-29(25)30/h12-17,23,40H,2-11,18-22H2,1H3. The van der Waals surface area contributed by atoms with Gasteiger partial charge in [-0.3, -0.25) is 0 Å². The summed E-state index contributed by atoms with van der Waals surface area (Å²) >= 11 is 0. The topological polar surface area (TPSA) is 57.6 Å². The first-order valence-electron chi connectivity index (χ1n) is 14.8. The van der Waals surface area contributed by atoms with Gasteiger partial charge in [-0.25, -0.2) is 12.8 Å². The largest absolute Gasteiger partial charge is 0.508 e. The van der Waals surface area contributed by atoms with Crippen LogP contribution in [-0.4, -0.2) is 62.2 Å². The number of phenolic OH excluding ortho intramolecular Hbond substituents is 1. The van der Waals surface area contributed by atoms with Crippen molar-refractivity contribution in [2.75, 3.05) is 31.6 Å². The fourth-order valence-corrected chi connectivity index (χ4v) is 6.97. The van der Waals surface area contributed by atoms with Crippen molar-refractivity contribution in [3.63, 3.8) is 0 Å². The van der Waals surface area contributed by atoms with E-state index >= 15 is 0 Å². The maximum absolute atomic E-state index is 13.6. The van der Waals surface area contributed by atoms with Gasteiger partial charge in [0.05, 0.1) is 11.5 Å². The molecule has 43 heavy (non-hydrogen) atoms. The number of hydrogen-bond acceptors (Lipinski definition) is 4. The van der Waals surface area contributed by atoms with E-state index in [1.54, 1.807) is 6.07 Å². The summed E-state index contributed by atoms with van der Waals surface area (Å²) in [6.07, 6.45) is -0.676. The third-order valence-corrected chi connectivity index (χ3v) is 9.74. The van der Waals surface area contributed by atoms with Crippen LogP contribution in [0.5, 0.6) is 5.75 Å². The molecule has 2 aromatic rings. The second-order valence-electron chi connectivity index (χ2n) is 11.4. The number of aromatic hydroxyl groups is 1. The Morgan fingerprint density at radius 1 is 0.837 bits per heavy atom. The number of phenols is 1. The summed E-state index contributed by atoms with van der Waals surface area (Å²) in [5.41, 5.74) is 5.71. The van der Waals surface area contributed by atoms with Crippen molar-refractivity contribution >= 4 is 21.0 Å². The van der Waals surface area contributed by atoms with E-state index in [1.165, 1.54) is 23.3 Å². The first-order valence-corrected chi connectivity index (χ1v) is 16.6. The van der Waals surface area contributed by atoms with Crippen LogP contribution in [0, 0.1) is 5.82 Å². The lowest BCUT2D eigenvalue weighted by molar-refractivity contribution is -0.284. The van der Waals surface area contributed by atoms with Crippen molar-refractivity contribution in [3.8, 4) is 5.75 Å². The average molecular weight is 634 g/mol. The van der Waals surface area contributed by atoms with Crippen molar-refractivity contribution in [1.82, 2.24) is 4.90 Å². The highest BCUT2D eigenvalue weighted by Gasteiger charge is 2.56. The lowest BCUT2D eigenvalue weighted by Gasteiger charge is -2.19. The summed E-state index contributed by atoms with van der Waals surface area (Å²) < 4.78 is 100. The predicted octanol–water partition coefficient (Wildman–Crippen LogP) is 8.44. The van der Waals surface area contributed by atoms with Gasteiger partial charge in [0.15, 0.2) is 0 Å². The zero-order chi connectivity index (χ0) is 31.7. The third-order valence-electron chi connectivity index (χ3n) is 7.92. The van der Waals surface area contributed by atoms with Gasteiger partial charge in [0.2, 0.25) is 0 Å². The van der Waals surface area contributed by atoms with E-state index in [1.807, 2.05) is 31.3 Å². The fraction of sp³-hybridized carbons (Fsp3) is 0.562. The van der Waals surface area contributed by atoms with Gasteiger partial charge in [0.1, 0.15) is 21.4 Å². The third kappa shape index (κ3) is 10.8. The molecular formula is C32H41F6NO3S. The monoisotopic (exact) mass is 633 g/mol. The van der Waals surface area contributed by atoms with Gasteiger partial charge in [-0.15, -0.1) is 0 Å². The highest BCUT2D eigenvalue weighted by molar-refractivity contribution is 7.91. The molecule has 0 amide bonds. The van der Waals surface area contributed by atoms with Crippen molar-refractivity contribution < 1.29 is 39.9 Å². The first-order chi connectivity index (χ1) is 20.2. The molecule has 0 spiro atoms. The molecule has 2 aromatic carbocycles. The van der Waals surface area contributed by atoms with Crippen molar-refractivity contribution in [2.45, 2.75) is 82.7 Å². The smallest absolute Gasteiger partial charge is 0.453 e. The molecule has 1 N–H and O–H groups in total. The number of alkyl halides is 5. The Kier molecular flexibility index (Phi) is 12.6. The molecule has 0 radical (unpaired) electrons. The number of allylic oxidation sites excluding steroid dienone is 2. The number of nitrogens with zero attached hydrogens (tertiary/aromatic N) is 1. The number of halogens is 6. The molecule has 240 valence electrons. The number of rotatable bonds is 16. The molecule has 0 saturated heterocycles. The van der Waals surface area contributed by atoms with Crippen molar-refractivity contribution in [1.29, 1.82) is 0 Å². The molecule has 0 aliphatic heterocycles. The van der Waals surface area contributed by atoms with E-state index < -0.39 is 40.5 Å². The number of benzene rings is 2. The number of unbranched alkanes of at least 4 members (excludes halogenated alkanes) is 3. The summed E-state index contributed by atoms with van der Waals surface area (Å²) in [7, 11) is -1.75. The van der Waals surface area contributed by atoms with Gasteiger partial charge in [-0.05, 0) is 130 Å². The van der Waals surface area contributed by atoms with Crippen LogP contribution in [0.3, 0.4) is 0 Å². The Bertz CT molecular complexity index is 1320. The van der Waals surface area contributed by atoms with E-state index in [9.17, 15) is 39.9 Å². The maximum atomic E-state index is 13.6. The van der Waals surface area contributed by atoms with Gasteiger partial charge in [-0.2, -0.15) is 22.0 Å². The maximum Gasteiger partial charge on any atom is 0.453 e.